The summed E-state index contributed by atoms with van der Waals surface area (Å²) in [6.07, 6.45) is 6.37. The lowest BCUT2D eigenvalue weighted by molar-refractivity contribution is -0.137. The second-order valence-electron chi connectivity index (χ2n) is 9.83. The predicted molar refractivity (Wildman–Crippen MR) is 134 cm³/mol. The van der Waals surface area contributed by atoms with E-state index >= 15 is 0 Å². The third-order valence-electron chi connectivity index (χ3n) is 7.29. The van der Waals surface area contributed by atoms with E-state index in [0.29, 0.717) is 19.6 Å². The van der Waals surface area contributed by atoms with Crippen LogP contribution in [0, 0.1) is 5.92 Å². The number of aromatic nitrogens is 1. The van der Waals surface area contributed by atoms with Crippen molar-refractivity contribution in [3.63, 3.8) is 0 Å². The number of likely N-dealkylation sites (tertiary alicyclic amines) is 1. The highest BCUT2D eigenvalue weighted by atomic mass is 16.7. The van der Waals surface area contributed by atoms with Crippen LogP contribution in [-0.4, -0.2) is 84.1 Å². The standard InChI is InChI=1S/C27H35N5O4/c33-26(29-17-22-2-3-24-25(16-22)36-20-35-24)19-30-10-1-11-32(15-14-30)27(34)23-6-12-31(13-7-23)18-21-4-8-28-9-5-21/h2-5,8-9,16,23H,1,6-7,10-15,17-20H2,(H,29,33). The molecule has 2 amide bonds. The Labute approximate surface area is 212 Å². The number of carbonyl (C=O) groups is 2. The fourth-order valence-electron chi connectivity index (χ4n) is 5.20. The average molecular weight is 494 g/mol. The first-order valence-electron chi connectivity index (χ1n) is 12.9. The molecular formula is C27H35N5O4. The van der Waals surface area contributed by atoms with Crippen molar-refractivity contribution in [2.75, 3.05) is 52.6 Å². The molecule has 9 nitrogen and oxygen atoms in total. The zero-order valence-corrected chi connectivity index (χ0v) is 20.7. The molecule has 2 fully saturated rings. The Morgan fingerprint density at radius 3 is 2.53 bits per heavy atom. The van der Waals surface area contributed by atoms with Crippen LogP contribution in [0.15, 0.2) is 42.7 Å². The van der Waals surface area contributed by atoms with Crippen LogP contribution < -0.4 is 14.8 Å². The maximum absolute atomic E-state index is 13.2. The van der Waals surface area contributed by atoms with Crippen LogP contribution in [0.5, 0.6) is 11.5 Å². The van der Waals surface area contributed by atoms with Crippen LogP contribution in [-0.2, 0) is 22.7 Å². The highest BCUT2D eigenvalue weighted by molar-refractivity contribution is 5.79. The molecule has 0 saturated carbocycles. The van der Waals surface area contributed by atoms with E-state index in [1.54, 1.807) is 0 Å². The summed E-state index contributed by atoms with van der Waals surface area (Å²) in [7, 11) is 0. The molecule has 0 radical (unpaired) electrons. The van der Waals surface area contributed by atoms with E-state index in [2.05, 4.69) is 32.2 Å². The van der Waals surface area contributed by atoms with Crippen LogP contribution in [0.1, 0.15) is 30.4 Å². The van der Waals surface area contributed by atoms with E-state index < -0.39 is 0 Å². The highest BCUT2D eigenvalue weighted by Gasteiger charge is 2.30. The summed E-state index contributed by atoms with van der Waals surface area (Å²) in [4.78, 5) is 36.5. The van der Waals surface area contributed by atoms with Gasteiger partial charge in [-0.2, -0.15) is 0 Å². The van der Waals surface area contributed by atoms with Gasteiger partial charge in [-0.1, -0.05) is 6.07 Å². The van der Waals surface area contributed by atoms with E-state index in [1.165, 1.54) is 5.56 Å². The molecule has 0 spiro atoms. The normalized spacial score (nSPS) is 19.2. The minimum atomic E-state index is -0.00554. The number of fused-ring (bicyclic) bond motifs is 1. The van der Waals surface area contributed by atoms with Gasteiger partial charge >= 0.3 is 0 Å². The van der Waals surface area contributed by atoms with Crippen LogP contribution in [0.3, 0.4) is 0 Å². The molecule has 0 aliphatic carbocycles. The van der Waals surface area contributed by atoms with E-state index in [-0.39, 0.29) is 24.5 Å². The second kappa shape index (κ2) is 11.7. The first-order valence-corrected chi connectivity index (χ1v) is 12.9. The molecule has 36 heavy (non-hydrogen) atoms. The van der Waals surface area contributed by atoms with Crippen molar-refractivity contribution < 1.29 is 19.1 Å². The van der Waals surface area contributed by atoms with Gasteiger partial charge in [-0.05, 0) is 67.7 Å². The molecule has 1 aromatic heterocycles. The maximum Gasteiger partial charge on any atom is 0.234 e. The van der Waals surface area contributed by atoms with Crippen LogP contribution in [0.25, 0.3) is 0 Å². The van der Waals surface area contributed by atoms with Gasteiger partial charge < -0.3 is 19.7 Å². The Bertz CT molecular complexity index is 1040. The van der Waals surface area contributed by atoms with Crippen molar-refractivity contribution in [2.45, 2.75) is 32.4 Å². The van der Waals surface area contributed by atoms with Gasteiger partial charge in [-0.25, -0.2) is 0 Å². The highest BCUT2D eigenvalue weighted by Crippen LogP contribution is 2.32. The number of hydrogen-bond donors (Lipinski definition) is 1. The minimum Gasteiger partial charge on any atom is -0.454 e. The molecule has 1 N–H and O–H groups in total. The van der Waals surface area contributed by atoms with Crippen LogP contribution >= 0.6 is 0 Å². The van der Waals surface area contributed by atoms with E-state index in [1.807, 2.05) is 35.5 Å². The number of nitrogens with one attached hydrogen (secondary N) is 1. The van der Waals surface area contributed by atoms with Crippen molar-refractivity contribution in [1.82, 2.24) is 25.0 Å². The SMILES string of the molecule is O=C(CN1CCCN(C(=O)C2CCN(Cc3ccncc3)CC2)CC1)NCc1ccc2c(c1)OCO2. The van der Waals surface area contributed by atoms with E-state index in [0.717, 1.165) is 75.6 Å². The zero-order chi connectivity index (χ0) is 24.7. The molecule has 1 aromatic carbocycles. The molecule has 0 unspecified atom stereocenters. The van der Waals surface area contributed by atoms with E-state index in [4.69, 9.17) is 9.47 Å². The number of rotatable bonds is 7. The molecule has 2 saturated heterocycles. The number of hydrogen-bond acceptors (Lipinski definition) is 7. The monoisotopic (exact) mass is 493 g/mol. The predicted octanol–water partition coefficient (Wildman–Crippen LogP) is 1.87. The number of piperidine rings is 1. The largest absolute Gasteiger partial charge is 0.454 e. The molecule has 9 heteroatoms. The lowest BCUT2D eigenvalue weighted by atomic mass is 9.95. The van der Waals surface area contributed by atoms with Crippen LogP contribution in [0.4, 0.5) is 0 Å². The number of amides is 2. The fourth-order valence-corrected chi connectivity index (χ4v) is 5.20. The topological polar surface area (TPSA) is 87.2 Å². The molecule has 4 heterocycles. The first kappa shape index (κ1) is 24.5. The third-order valence-corrected chi connectivity index (χ3v) is 7.29. The second-order valence-corrected chi connectivity index (χ2v) is 9.83. The molecule has 5 rings (SSSR count). The van der Waals surface area contributed by atoms with Crippen molar-refractivity contribution in [1.29, 1.82) is 0 Å². The Hall–Kier alpha value is -3.17. The van der Waals surface area contributed by atoms with Crippen molar-refractivity contribution >= 4 is 11.8 Å². The van der Waals surface area contributed by atoms with E-state index in [9.17, 15) is 9.59 Å². The van der Waals surface area contributed by atoms with Gasteiger partial charge in [0.25, 0.3) is 0 Å². The summed E-state index contributed by atoms with van der Waals surface area (Å²) in [6.45, 7) is 6.86. The quantitative estimate of drug-likeness (QED) is 0.630. The summed E-state index contributed by atoms with van der Waals surface area (Å²) in [5.41, 5.74) is 2.24. The average Bonchev–Trinajstić information content (AvgIpc) is 3.26. The number of benzene rings is 1. The van der Waals surface area contributed by atoms with Gasteiger partial charge in [0.15, 0.2) is 11.5 Å². The number of nitrogens with zero attached hydrogens (tertiary/aromatic N) is 4. The molecular weight excluding hydrogens is 458 g/mol. The Balaban J connectivity index is 1.03. The molecule has 192 valence electrons. The Kier molecular flexibility index (Phi) is 7.98. The van der Waals surface area contributed by atoms with Gasteiger partial charge in [0, 0.05) is 57.6 Å². The number of pyridine rings is 1. The summed E-state index contributed by atoms with van der Waals surface area (Å²) in [5.74, 6) is 1.85. The van der Waals surface area contributed by atoms with Crippen molar-refractivity contribution in [3.8, 4) is 11.5 Å². The van der Waals surface area contributed by atoms with Gasteiger partial charge in [0.1, 0.15) is 0 Å². The Morgan fingerprint density at radius 1 is 0.889 bits per heavy atom. The molecule has 3 aliphatic rings. The molecule has 0 bridgehead atoms. The van der Waals surface area contributed by atoms with Gasteiger partial charge in [-0.15, -0.1) is 0 Å². The lowest BCUT2D eigenvalue weighted by Crippen LogP contribution is -2.44. The minimum absolute atomic E-state index is 0.00554. The summed E-state index contributed by atoms with van der Waals surface area (Å²) in [5, 5.41) is 3.00. The van der Waals surface area contributed by atoms with Gasteiger partial charge in [0.2, 0.25) is 18.6 Å². The van der Waals surface area contributed by atoms with Crippen molar-refractivity contribution in [2.24, 2.45) is 5.92 Å². The van der Waals surface area contributed by atoms with Gasteiger partial charge in [0.05, 0.1) is 6.54 Å². The zero-order valence-electron chi connectivity index (χ0n) is 20.7. The summed E-state index contributed by atoms with van der Waals surface area (Å²) < 4.78 is 10.7. The fraction of sp³-hybridized carbons (Fsp3) is 0.519. The van der Waals surface area contributed by atoms with Gasteiger partial charge in [-0.3, -0.25) is 24.4 Å². The molecule has 2 aromatic rings. The third kappa shape index (κ3) is 6.33. The lowest BCUT2D eigenvalue weighted by Gasteiger charge is -2.34. The first-order chi connectivity index (χ1) is 17.6. The molecule has 3 aliphatic heterocycles. The maximum atomic E-state index is 13.2. The smallest absolute Gasteiger partial charge is 0.234 e. The summed E-state index contributed by atoms with van der Waals surface area (Å²) in [6, 6.07) is 9.82. The molecule has 0 atom stereocenters. The van der Waals surface area contributed by atoms with Crippen molar-refractivity contribution in [3.05, 3.63) is 53.9 Å². The number of carbonyl (C=O) groups excluding carboxylic acids is 2. The summed E-state index contributed by atoms with van der Waals surface area (Å²) >= 11 is 0. The Morgan fingerprint density at radius 2 is 1.69 bits per heavy atom. The van der Waals surface area contributed by atoms with Crippen LogP contribution in [0.2, 0.25) is 0 Å². The number of ether oxygens (including phenoxy) is 2.